The first-order chi connectivity index (χ1) is 9.51. The minimum atomic E-state index is -0.0370. The highest BCUT2D eigenvalue weighted by atomic mass is 16.7. The maximum Gasteiger partial charge on any atom is 0.154 e. The van der Waals surface area contributed by atoms with E-state index < -0.39 is 0 Å². The summed E-state index contributed by atoms with van der Waals surface area (Å²) in [6, 6.07) is 3.58. The van der Waals surface area contributed by atoms with Crippen molar-refractivity contribution in [2.75, 3.05) is 20.3 Å². The fourth-order valence-corrected chi connectivity index (χ4v) is 1.68. The monoisotopic (exact) mass is 282 g/mol. The van der Waals surface area contributed by atoms with Gasteiger partial charge >= 0.3 is 0 Å². The molecular weight excluding hydrogens is 256 g/mol. The van der Waals surface area contributed by atoms with E-state index in [1.165, 1.54) is 0 Å². The van der Waals surface area contributed by atoms with Gasteiger partial charge in [0, 0.05) is 18.8 Å². The Labute approximate surface area is 122 Å². The number of carbonyl (C=O) groups excluding carboxylic acids is 1. The largest absolute Gasteiger partial charge is 0.496 e. The van der Waals surface area contributed by atoms with Crippen LogP contribution in [-0.2, 0) is 9.47 Å². The third-order valence-corrected chi connectivity index (χ3v) is 2.93. The van der Waals surface area contributed by atoms with Gasteiger partial charge in [0.2, 0.25) is 0 Å². The fourth-order valence-electron chi connectivity index (χ4n) is 1.68. The van der Waals surface area contributed by atoms with Crippen LogP contribution >= 0.6 is 0 Å². The molecule has 0 atom stereocenters. The predicted molar refractivity (Wildman–Crippen MR) is 80.6 cm³/mol. The van der Waals surface area contributed by atoms with Gasteiger partial charge in [-0.15, -0.1) is 0 Å². The first kappa shape index (κ1) is 18.6. The summed E-state index contributed by atoms with van der Waals surface area (Å²) in [7, 11) is 1.63. The third kappa shape index (κ3) is 6.17. The van der Waals surface area contributed by atoms with Gasteiger partial charge in [-0.1, -0.05) is 0 Å². The van der Waals surface area contributed by atoms with Crippen molar-refractivity contribution in [1.82, 2.24) is 0 Å². The molecule has 0 N–H and O–H groups in total. The van der Waals surface area contributed by atoms with E-state index in [2.05, 4.69) is 0 Å². The van der Waals surface area contributed by atoms with Crippen LogP contribution in [0.15, 0.2) is 12.1 Å². The predicted octanol–water partition coefficient (Wildman–Crippen LogP) is 3.53. The van der Waals surface area contributed by atoms with Crippen molar-refractivity contribution in [1.29, 1.82) is 0 Å². The average Bonchev–Trinajstić information content (AvgIpc) is 2.43. The first-order valence-electron chi connectivity index (χ1n) is 6.84. The molecule has 0 aliphatic heterocycles. The highest BCUT2D eigenvalue weighted by molar-refractivity contribution is 5.78. The van der Waals surface area contributed by atoms with Crippen LogP contribution in [0.3, 0.4) is 0 Å². The van der Waals surface area contributed by atoms with E-state index in [1.54, 1.807) is 13.2 Å². The van der Waals surface area contributed by atoms with Crippen LogP contribution in [0, 0.1) is 13.8 Å². The summed E-state index contributed by atoms with van der Waals surface area (Å²) in [5.74, 6) is 0.832. The summed E-state index contributed by atoms with van der Waals surface area (Å²) in [6.45, 7) is 11.1. The van der Waals surface area contributed by atoms with Crippen molar-refractivity contribution in [3.05, 3.63) is 28.8 Å². The average molecular weight is 282 g/mol. The zero-order valence-electron chi connectivity index (χ0n) is 13.4. The van der Waals surface area contributed by atoms with Crippen LogP contribution in [-0.4, -0.2) is 32.9 Å². The molecule has 0 amide bonds. The zero-order valence-corrected chi connectivity index (χ0v) is 13.4. The molecule has 0 aliphatic carbocycles. The number of hydrogen-bond donors (Lipinski definition) is 0. The number of benzene rings is 1. The zero-order chi connectivity index (χ0) is 15.5. The maximum atomic E-state index is 10.5. The van der Waals surface area contributed by atoms with Crippen LogP contribution in [0.1, 0.15) is 42.3 Å². The molecule has 0 saturated carbocycles. The summed E-state index contributed by atoms with van der Waals surface area (Å²) in [6.07, 6.45) is 0.826. The van der Waals surface area contributed by atoms with E-state index in [1.807, 2.05) is 40.7 Å². The van der Waals surface area contributed by atoms with Crippen LogP contribution in [0.4, 0.5) is 0 Å². The number of rotatable bonds is 6. The molecule has 4 heteroatoms. The fraction of sp³-hybridized carbons (Fsp3) is 0.562. The Hall–Kier alpha value is -1.39. The molecule has 20 heavy (non-hydrogen) atoms. The van der Waals surface area contributed by atoms with Gasteiger partial charge in [-0.3, -0.25) is 4.79 Å². The molecule has 0 saturated heterocycles. The maximum absolute atomic E-state index is 10.5. The standard InChI is InChI=1S/C10H12O2.C6H14O2/c1-7-8(2)10(12-3)5-4-9(7)6-11;1-4-7-6(3)8-5-2/h4-6H,1-3H3;6H,4-5H2,1-3H3. The second kappa shape index (κ2) is 10.4. The SMILES string of the molecule is CCOC(C)OCC.COc1ccc(C=O)c(C)c1C. The molecule has 1 aromatic rings. The minimum absolute atomic E-state index is 0.0370. The highest BCUT2D eigenvalue weighted by Gasteiger charge is 2.04. The van der Waals surface area contributed by atoms with Crippen LogP contribution in [0.5, 0.6) is 5.75 Å². The number of ether oxygens (including phenoxy) is 3. The van der Waals surface area contributed by atoms with Gasteiger partial charge < -0.3 is 14.2 Å². The summed E-state index contributed by atoms with van der Waals surface area (Å²) in [4.78, 5) is 10.5. The van der Waals surface area contributed by atoms with Crippen LogP contribution in [0.25, 0.3) is 0 Å². The molecule has 0 radical (unpaired) electrons. The molecule has 0 unspecified atom stereocenters. The summed E-state index contributed by atoms with van der Waals surface area (Å²) < 4.78 is 15.2. The topological polar surface area (TPSA) is 44.8 Å². The summed E-state index contributed by atoms with van der Waals surface area (Å²) in [5.41, 5.74) is 2.75. The van der Waals surface area contributed by atoms with Crippen LogP contribution in [0.2, 0.25) is 0 Å². The van der Waals surface area contributed by atoms with Crippen molar-refractivity contribution in [2.45, 2.75) is 40.9 Å². The lowest BCUT2D eigenvalue weighted by atomic mass is 10.0. The molecule has 0 aliphatic rings. The van der Waals surface area contributed by atoms with E-state index in [4.69, 9.17) is 14.2 Å². The van der Waals surface area contributed by atoms with Gasteiger partial charge in [-0.2, -0.15) is 0 Å². The van der Waals surface area contributed by atoms with Gasteiger partial charge in [0.15, 0.2) is 6.29 Å². The van der Waals surface area contributed by atoms with Crippen molar-refractivity contribution in [2.24, 2.45) is 0 Å². The van der Waals surface area contributed by atoms with E-state index in [-0.39, 0.29) is 6.29 Å². The lowest BCUT2D eigenvalue weighted by Crippen LogP contribution is -2.11. The molecule has 0 bridgehead atoms. The Morgan fingerprint density at radius 1 is 1.10 bits per heavy atom. The normalized spacial score (nSPS) is 9.95. The molecule has 0 heterocycles. The highest BCUT2D eigenvalue weighted by Crippen LogP contribution is 2.22. The van der Waals surface area contributed by atoms with Gasteiger partial charge in [-0.25, -0.2) is 0 Å². The Bertz CT molecular complexity index is 396. The second-order valence-electron chi connectivity index (χ2n) is 4.20. The van der Waals surface area contributed by atoms with E-state index in [9.17, 15) is 4.79 Å². The number of carbonyl (C=O) groups is 1. The second-order valence-corrected chi connectivity index (χ2v) is 4.20. The molecule has 0 spiro atoms. The smallest absolute Gasteiger partial charge is 0.154 e. The molecular formula is C16H26O4. The third-order valence-electron chi connectivity index (χ3n) is 2.93. The lowest BCUT2D eigenvalue weighted by Gasteiger charge is -2.09. The molecule has 4 nitrogen and oxygen atoms in total. The van der Waals surface area contributed by atoms with E-state index in [0.29, 0.717) is 0 Å². The first-order valence-corrected chi connectivity index (χ1v) is 6.84. The van der Waals surface area contributed by atoms with Gasteiger partial charge in [0.1, 0.15) is 12.0 Å². The molecule has 114 valence electrons. The van der Waals surface area contributed by atoms with E-state index in [0.717, 1.165) is 41.9 Å². The van der Waals surface area contributed by atoms with Crippen molar-refractivity contribution >= 4 is 6.29 Å². The minimum Gasteiger partial charge on any atom is -0.496 e. The molecule has 0 fully saturated rings. The Balaban J connectivity index is 0.000000396. The number of hydrogen-bond acceptors (Lipinski definition) is 4. The quantitative estimate of drug-likeness (QED) is 0.591. The Morgan fingerprint density at radius 3 is 2.05 bits per heavy atom. The summed E-state index contributed by atoms with van der Waals surface area (Å²) in [5, 5.41) is 0. The molecule has 1 aromatic carbocycles. The van der Waals surface area contributed by atoms with Crippen molar-refractivity contribution < 1.29 is 19.0 Å². The van der Waals surface area contributed by atoms with Gasteiger partial charge in [-0.05, 0) is 57.9 Å². The molecule has 0 aromatic heterocycles. The lowest BCUT2D eigenvalue weighted by molar-refractivity contribution is -0.123. The van der Waals surface area contributed by atoms with Crippen molar-refractivity contribution in [3.63, 3.8) is 0 Å². The van der Waals surface area contributed by atoms with Gasteiger partial charge in [0.25, 0.3) is 0 Å². The van der Waals surface area contributed by atoms with Crippen LogP contribution < -0.4 is 4.74 Å². The summed E-state index contributed by atoms with van der Waals surface area (Å²) >= 11 is 0. The Kier molecular flexibility index (Phi) is 9.68. The van der Waals surface area contributed by atoms with Crippen molar-refractivity contribution in [3.8, 4) is 5.75 Å². The van der Waals surface area contributed by atoms with Gasteiger partial charge in [0.05, 0.1) is 7.11 Å². The molecule has 1 rings (SSSR count). The Morgan fingerprint density at radius 2 is 1.65 bits per heavy atom. The van der Waals surface area contributed by atoms with E-state index >= 15 is 0 Å². The number of aldehydes is 1. The number of methoxy groups -OCH3 is 1.